The standard InChI is InChI=1S/C19H19N3O3S/c1-14-12-17(23)18(21-22(14)15-6-3-2-4-7-15)19(24)20-9-11-26-13-16-8-5-10-25-16/h2-8,10,12H,9,11,13H2,1H3,(H,20,24). The second kappa shape index (κ2) is 8.53. The van der Waals surface area contributed by atoms with Crippen molar-refractivity contribution in [2.24, 2.45) is 0 Å². The normalized spacial score (nSPS) is 10.7. The van der Waals surface area contributed by atoms with Crippen molar-refractivity contribution in [3.05, 3.63) is 82.2 Å². The second-order valence-electron chi connectivity index (χ2n) is 5.63. The van der Waals surface area contributed by atoms with Crippen LogP contribution in [0.25, 0.3) is 5.69 Å². The first-order chi connectivity index (χ1) is 12.6. The van der Waals surface area contributed by atoms with E-state index in [0.717, 1.165) is 17.2 Å². The summed E-state index contributed by atoms with van der Waals surface area (Å²) in [5.41, 5.74) is 0.991. The van der Waals surface area contributed by atoms with Gasteiger partial charge in [0.2, 0.25) is 5.43 Å². The molecule has 0 atom stereocenters. The molecule has 26 heavy (non-hydrogen) atoms. The zero-order valence-corrected chi connectivity index (χ0v) is 15.2. The van der Waals surface area contributed by atoms with Crippen LogP contribution in [0.1, 0.15) is 21.9 Å². The average molecular weight is 369 g/mol. The predicted molar refractivity (Wildman–Crippen MR) is 102 cm³/mol. The van der Waals surface area contributed by atoms with Gasteiger partial charge in [-0.15, -0.1) is 0 Å². The Morgan fingerprint density at radius 3 is 2.77 bits per heavy atom. The SMILES string of the molecule is Cc1cc(=O)c(C(=O)NCCSCc2ccco2)nn1-c1ccccc1. The topological polar surface area (TPSA) is 77.1 Å². The van der Waals surface area contributed by atoms with E-state index in [-0.39, 0.29) is 11.1 Å². The number of hydrogen-bond donors (Lipinski definition) is 1. The average Bonchev–Trinajstić information content (AvgIpc) is 3.15. The summed E-state index contributed by atoms with van der Waals surface area (Å²) in [5, 5.41) is 7.00. The molecule has 1 amide bonds. The molecule has 0 radical (unpaired) electrons. The predicted octanol–water partition coefficient (Wildman–Crippen LogP) is 2.80. The van der Waals surface area contributed by atoms with Gasteiger partial charge in [-0.25, -0.2) is 4.68 Å². The summed E-state index contributed by atoms with van der Waals surface area (Å²) in [4.78, 5) is 24.5. The number of para-hydroxylation sites is 1. The molecule has 0 spiro atoms. The third-order valence-corrected chi connectivity index (χ3v) is 4.66. The van der Waals surface area contributed by atoms with E-state index in [4.69, 9.17) is 4.42 Å². The summed E-state index contributed by atoms with van der Waals surface area (Å²) in [5.74, 6) is 1.89. The molecular weight excluding hydrogens is 350 g/mol. The van der Waals surface area contributed by atoms with Crippen molar-refractivity contribution in [2.75, 3.05) is 12.3 Å². The zero-order chi connectivity index (χ0) is 18.4. The van der Waals surface area contributed by atoms with Gasteiger partial charge in [0.15, 0.2) is 5.69 Å². The maximum Gasteiger partial charge on any atom is 0.275 e. The Morgan fingerprint density at radius 2 is 2.04 bits per heavy atom. The molecule has 3 rings (SSSR count). The lowest BCUT2D eigenvalue weighted by Gasteiger charge is -2.11. The monoisotopic (exact) mass is 369 g/mol. The number of carbonyl (C=O) groups is 1. The molecule has 134 valence electrons. The summed E-state index contributed by atoms with van der Waals surface area (Å²) < 4.78 is 6.85. The number of nitrogens with zero attached hydrogens (tertiary/aromatic N) is 2. The van der Waals surface area contributed by atoms with Crippen LogP contribution in [0.15, 0.2) is 64.0 Å². The van der Waals surface area contributed by atoms with Crippen LogP contribution in [-0.4, -0.2) is 28.0 Å². The van der Waals surface area contributed by atoms with Crippen molar-refractivity contribution in [1.82, 2.24) is 15.1 Å². The summed E-state index contributed by atoms with van der Waals surface area (Å²) in [6, 6.07) is 14.6. The highest BCUT2D eigenvalue weighted by molar-refractivity contribution is 7.98. The van der Waals surface area contributed by atoms with E-state index in [1.807, 2.05) is 42.5 Å². The number of furan rings is 1. The molecule has 0 saturated carbocycles. The van der Waals surface area contributed by atoms with Gasteiger partial charge in [0.05, 0.1) is 17.7 Å². The molecule has 0 unspecified atom stereocenters. The molecule has 1 aromatic carbocycles. The number of aromatic nitrogens is 2. The van der Waals surface area contributed by atoms with E-state index >= 15 is 0 Å². The minimum Gasteiger partial charge on any atom is -0.468 e. The quantitative estimate of drug-likeness (QED) is 0.648. The molecule has 0 fully saturated rings. The third kappa shape index (κ3) is 4.43. The molecule has 0 aliphatic carbocycles. The van der Waals surface area contributed by atoms with Crippen molar-refractivity contribution < 1.29 is 9.21 Å². The number of thioether (sulfide) groups is 1. The van der Waals surface area contributed by atoms with Gasteiger partial charge >= 0.3 is 0 Å². The van der Waals surface area contributed by atoms with Crippen LogP contribution in [0.2, 0.25) is 0 Å². The van der Waals surface area contributed by atoms with Crippen molar-refractivity contribution in [1.29, 1.82) is 0 Å². The van der Waals surface area contributed by atoms with Crippen LogP contribution in [0, 0.1) is 6.92 Å². The van der Waals surface area contributed by atoms with Crippen LogP contribution < -0.4 is 10.7 Å². The summed E-state index contributed by atoms with van der Waals surface area (Å²) >= 11 is 1.64. The molecule has 3 aromatic rings. The Hall–Kier alpha value is -2.80. The number of amides is 1. The minimum absolute atomic E-state index is 0.101. The molecule has 0 bridgehead atoms. The molecule has 2 heterocycles. The molecule has 2 aromatic heterocycles. The Kier molecular flexibility index (Phi) is 5.91. The van der Waals surface area contributed by atoms with Crippen molar-refractivity contribution in [3.63, 3.8) is 0 Å². The number of nitrogens with one attached hydrogen (secondary N) is 1. The van der Waals surface area contributed by atoms with Gasteiger partial charge in [0.1, 0.15) is 5.76 Å². The fraction of sp³-hybridized carbons (Fsp3) is 0.211. The summed E-state index contributed by atoms with van der Waals surface area (Å²) in [7, 11) is 0. The number of rotatable bonds is 7. The maximum atomic E-state index is 12.3. The van der Waals surface area contributed by atoms with E-state index < -0.39 is 5.91 Å². The van der Waals surface area contributed by atoms with E-state index in [1.54, 1.807) is 29.6 Å². The molecule has 0 aliphatic rings. The van der Waals surface area contributed by atoms with Crippen molar-refractivity contribution >= 4 is 17.7 Å². The number of aryl methyl sites for hydroxylation is 1. The first kappa shape index (κ1) is 18.0. The first-order valence-corrected chi connectivity index (χ1v) is 9.35. The van der Waals surface area contributed by atoms with Crippen LogP contribution in [0.4, 0.5) is 0 Å². The highest BCUT2D eigenvalue weighted by Gasteiger charge is 2.14. The molecule has 7 heteroatoms. The van der Waals surface area contributed by atoms with E-state index in [1.165, 1.54) is 6.07 Å². The lowest BCUT2D eigenvalue weighted by molar-refractivity contribution is 0.0948. The number of carbonyl (C=O) groups excluding carboxylic acids is 1. The van der Waals surface area contributed by atoms with E-state index in [2.05, 4.69) is 10.4 Å². The molecule has 0 aliphatic heterocycles. The molecule has 6 nitrogen and oxygen atoms in total. The van der Waals surface area contributed by atoms with Crippen molar-refractivity contribution in [3.8, 4) is 5.69 Å². The lowest BCUT2D eigenvalue weighted by atomic mass is 10.2. The van der Waals surface area contributed by atoms with Gasteiger partial charge in [0, 0.05) is 24.1 Å². The minimum atomic E-state index is -0.460. The van der Waals surface area contributed by atoms with Crippen LogP contribution in [-0.2, 0) is 5.75 Å². The van der Waals surface area contributed by atoms with E-state index in [9.17, 15) is 9.59 Å². The first-order valence-electron chi connectivity index (χ1n) is 8.20. The molecule has 1 N–H and O–H groups in total. The Balaban J connectivity index is 1.62. The smallest absolute Gasteiger partial charge is 0.275 e. The number of benzene rings is 1. The van der Waals surface area contributed by atoms with Crippen LogP contribution in [0.5, 0.6) is 0 Å². The summed E-state index contributed by atoms with van der Waals surface area (Å²) in [6.45, 7) is 2.24. The van der Waals surface area contributed by atoms with Crippen molar-refractivity contribution in [2.45, 2.75) is 12.7 Å². The molecule has 0 saturated heterocycles. The second-order valence-corrected chi connectivity index (χ2v) is 6.74. The molecular formula is C19H19N3O3S. The Bertz CT molecular complexity index is 921. The highest BCUT2D eigenvalue weighted by Crippen LogP contribution is 2.11. The van der Waals surface area contributed by atoms with Gasteiger partial charge in [-0.3, -0.25) is 9.59 Å². The number of hydrogen-bond acceptors (Lipinski definition) is 5. The van der Waals surface area contributed by atoms with Gasteiger partial charge in [-0.1, -0.05) is 18.2 Å². The highest BCUT2D eigenvalue weighted by atomic mass is 32.2. The van der Waals surface area contributed by atoms with Gasteiger partial charge in [-0.05, 0) is 31.2 Å². The van der Waals surface area contributed by atoms with Gasteiger partial charge < -0.3 is 9.73 Å². The Labute approximate surface area is 155 Å². The zero-order valence-electron chi connectivity index (χ0n) is 14.3. The fourth-order valence-electron chi connectivity index (χ4n) is 2.42. The summed E-state index contributed by atoms with van der Waals surface area (Å²) in [6.07, 6.45) is 1.64. The van der Waals surface area contributed by atoms with E-state index in [0.29, 0.717) is 18.0 Å². The lowest BCUT2D eigenvalue weighted by Crippen LogP contribution is -2.33. The maximum absolute atomic E-state index is 12.3. The van der Waals surface area contributed by atoms with Gasteiger partial charge in [0.25, 0.3) is 5.91 Å². The fourth-order valence-corrected chi connectivity index (χ4v) is 3.18. The van der Waals surface area contributed by atoms with Gasteiger partial charge in [-0.2, -0.15) is 16.9 Å². The third-order valence-electron chi connectivity index (χ3n) is 3.68. The largest absolute Gasteiger partial charge is 0.468 e. The van der Waals surface area contributed by atoms with Crippen LogP contribution in [0.3, 0.4) is 0 Å². The Morgan fingerprint density at radius 1 is 1.23 bits per heavy atom. The van der Waals surface area contributed by atoms with Crippen LogP contribution >= 0.6 is 11.8 Å².